The third-order valence-corrected chi connectivity index (χ3v) is 2.86. The molecule has 18 heavy (non-hydrogen) atoms. The molecule has 0 fully saturated rings. The van der Waals surface area contributed by atoms with Gasteiger partial charge in [0.15, 0.2) is 0 Å². The van der Waals surface area contributed by atoms with E-state index in [1.807, 2.05) is 37.1 Å². The van der Waals surface area contributed by atoms with E-state index in [4.69, 9.17) is 10.00 Å². The normalized spacial score (nSPS) is 13.6. The van der Waals surface area contributed by atoms with E-state index in [1.54, 1.807) is 14.0 Å². The molecule has 1 aromatic rings. The monoisotopic (exact) mass is 248 g/mol. The lowest BCUT2D eigenvalue weighted by molar-refractivity contribution is 0.194. The highest BCUT2D eigenvalue weighted by molar-refractivity contribution is 5.60. The van der Waals surface area contributed by atoms with Gasteiger partial charge in [0, 0.05) is 24.8 Å². The Labute approximate surface area is 108 Å². The maximum absolute atomic E-state index is 9.89. The lowest BCUT2D eigenvalue weighted by Crippen LogP contribution is -2.24. The minimum absolute atomic E-state index is 0.0666. The Morgan fingerprint density at radius 1 is 1.44 bits per heavy atom. The third kappa shape index (κ3) is 3.14. The van der Waals surface area contributed by atoms with E-state index in [9.17, 15) is 5.11 Å². The molecule has 0 radical (unpaired) electrons. The number of ether oxygens (including phenoxy) is 1. The Bertz CT molecular complexity index is 438. The van der Waals surface area contributed by atoms with Gasteiger partial charge in [-0.3, -0.25) is 0 Å². The van der Waals surface area contributed by atoms with Gasteiger partial charge in [0.25, 0.3) is 0 Å². The average molecular weight is 248 g/mol. The molecule has 0 aliphatic carbocycles. The molecule has 0 aliphatic heterocycles. The summed E-state index contributed by atoms with van der Waals surface area (Å²) < 4.78 is 5.28. The molecule has 0 spiro atoms. The molecule has 1 rings (SSSR count). The zero-order valence-electron chi connectivity index (χ0n) is 11.3. The van der Waals surface area contributed by atoms with Crippen LogP contribution in [0.25, 0.3) is 0 Å². The van der Waals surface area contributed by atoms with Crippen LogP contribution in [-0.2, 0) is 0 Å². The van der Waals surface area contributed by atoms with Crippen LogP contribution >= 0.6 is 0 Å². The summed E-state index contributed by atoms with van der Waals surface area (Å²) in [7, 11) is 3.50. The number of nitriles is 1. The molecule has 0 saturated carbocycles. The number of anilines is 1. The molecular formula is C14H20N2O2. The van der Waals surface area contributed by atoms with Crippen molar-refractivity contribution in [2.45, 2.75) is 20.0 Å². The van der Waals surface area contributed by atoms with E-state index < -0.39 is 6.10 Å². The molecule has 1 aromatic carbocycles. The summed E-state index contributed by atoms with van der Waals surface area (Å²) >= 11 is 0. The molecule has 2 atom stereocenters. The second kappa shape index (κ2) is 6.27. The first-order valence-corrected chi connectivity index (χ1v) is 5.97. The van der Waals surface area contributed by atoms with Crippen molar-refractivity contribution in [3.05, 3.63) is 23.8 Å². The summed E-state index contributed by atoms with van der Waals surface area (Å²) in [5.74, 6) is 0.599. The van der Waals surface area contributed by atoms with Crippen molar-refractivity contribution in [3.8, 4) is 11.8 Å². The Morgan fingerprint density at radius 2 is 2.11 bits per heavy atom. The maximum Gasteiger partial charge on any atom is 0.126 e. The molecule has 4 nitrogen and oxygen atoms in total. The minimum atomic E-state index is -0.615. The Balaban J connectivity index is 3.12. The number of aliphatic hydroxyl groups excluding tert-OH is 1. The molecule has 2 unspecified atom stereocenters. The Kier molecular flexibility index (Phi) is 4.99. The summed E-state index contributed by atoms with van der Waals surface area (Å²) in [6.45, 7) is 4.20. The molecule has 4 heteroatoms. The average Bonchev–Trinajstić information content (AvgIpc) is 2.37. The van der Waals surface area contributed by atoms with E-state index in [-0.39, 0.29) is 5.92 Å². The zero-order valence-corrected chi connectivity index (χ0v) is 11.3. The minimum Gasteiger partial charge on any atom is -0.496 e. The fraction of sp³-hybridized carbons (Fsp3) is 0.500. The highest BCUT2D eigenvalue weighted by Crippen LogP contribution is 2.34. The summed E-state index contributed by atoms with van der Waals surface area (Å²) in [6.07, 6.45) is -0.615. The molecule has 1 N–H and O–H groups in total. The first-order chi connectivity index (χ1) is 8.51. The van der Waals surface area contributed by atoms with E-state index >= 15 is 0 Å². The highest BCUT2D eigenvalue weighted by atomic mass is 16.5. The second-order valence-corrected chi connectivity index (χ2v) is 4.48. The van der Waals surface area contributed by atoms with Gasteiger partial charge >= 0.3 is 0 Å². The molecule has 0 saturated heterocycles. The van der Waals surface area contributed by atoms with Crippen LogP contribution in [0.3, 0.4) is 0 Å². The van der Waals surface area contributed by atoms with Crippen molar-refractivity contribution in [2.75, 3.05) is 25.6 Å². The molecule has 0 bridgehead atoms. The van der Waals surface area contributed by atoms with Crippen LogP contribution in [0.5, 0.6) is 5.75 Å². The fourth-order valence-corrected chi connectivity index (χ4v) is 2.01. The number of benzene rings is 1. The number of rotatable bonds is 5. The van der Waals surface area contributed by atoms with Crippen LogP contribution in [0, 0.1) is 17.2 Å². The first kappa shape index (κ1) is 14.3. The van der Waals surface area contributed by atoms with Gasteiger partial charge < -0.3 is 14.7 Å². The van der Waals surface area contributed by atoms with E-state index in [0.717, 1.165) is 11.3 Å². The smallest absolute Gasteiger partial charge is 0.126 e. The summed E-state index contributed by atoms with van der Waals surface area (Å²) in [5.41, 5.74) is 1.65. The maximum atomic E-state index is 9.89. The van der Waals surface area contributed by atoms with Gasteiger partial charge in [0.1, 0.15) is 5.75 Å². The van der Waals surface area contributed by atoms with Crippen molar-refractivity contribution < 1.29 is 9.84 Å². The van der Waals surface area contributed by atoms with Crippen molar-refractivity contribution in [1.82, 2.24) is 0 Å². The van der Waals surface area contributed by atoms with Crippen LogP contribution < -0.4 is 9.64 Å². The van der Waals surface area contributed by atoms with E-state index in [1.165, 1.54) is 0 Å². The van der Waals surface area contributed by atoms with Crippen molar-refractivity contribution >= 4 is 5.69 Å². The molecule has 0 aromatic heterocycles. The second-order valence-electron chi connectivity index (χ2n) is 4.48. The summed E-state index contributed by atoms with van der Waals surface area (Å²) in [6, 6.07) is 7.84. The molecule has 98 valence electrons. The molecule has 0 amide bonds. The van der Waals surface area contributed by atoms with Gasteiger partial charge in [-0.15, -0.1) is 0 Å². The number of aliphatic hydroxyl groups is 1. The number of hydrogen-bond donors (Lipinski definition) is 1. The molecular weight excluding hydrogens is 228 g/mol. The van der Waals surface area contributed by atoms with Gasteiger partial charge in [0.05, 0.1) is 25.2 Å². The predicted molar refractivity (Wildman–Crippen MR) is 71.7 cm³/mol. The lowest BCUT2D eigenvalue weighted by atomic mass is 10.0. The Morgan fingerprint density at radius 3 is 2.61 bits per heavy atom. The fourth-order valence-electron chi connectivity index (χ4n) is 2.01. The van der Waals surface area contributed by atoms with E-state index in [2.05, 4.69) is 6.07 Å². The van der Waals surface area contributed by atoms with Gasteiger partial charge in [-0.25, -0.2) is 0 Å². The lowest BCUT2D eigenvalue weighted by Gasteiger charge is -2.25. The van der Waals surface area contributed by atoms with Crippen molar-refractivity contribution in [2.24, 2.45) is 5.92 Å². The van der Waals surface area contributed by atoms with Crippen LogP contribution in [-0.4, -0.2) is 25.8 Å². The van der Waals surface area contributed by atoms with Crippen LogP contribution in [0.2, 0.25) is 0 Å². The van der Waals surface area contributed by atoms with Crippen LogP contribution in [0.15, 0.2) is 18.2 Å². The number of methoxy groups -OCH3 is 1. The zero-order chi connectivity index (χ0) is 13.7. The van der Waals surface area contributed by atoms with E-state index in [0.29, 0.717) is 12.3 Å². The third-order valence-electron chi connectivity index (χ3n) is 2.86. The largest absolute Gasteiger partial charge is 0.496 e. The van der Waals surface area contributed by atoms with Gasteiger partial charge in [0.2, 0.25) is 0 Å². The molecule has 0 heterocycles. The van der Waals surface area contributed by atoms with Crippen molar-refractivity contribution in [1.29, 1.82) is 5.26 Å². The van der Waals surface area contributed by atoms with Gasteiger partial charge in [-0.2, -0.15) is 5.26 Å². The first-order valence-electron chi connectivity index (χ1n) is 5.97. The van der Waals surface area contributed by atoms with Crippen LogP contribution in [0.1, 0.15) is 25.5 Å². The van der Waals surface area contributed by atoms with Crippen molar-refractivity contribution in [3.63, 3.8) is 0 Å². The SMILES string of the molecule is COc1cccc(N(C)CC(C)C#N)c1C(C)O. The summed E-state index contributed by atoms with van der Waals surface area (Å²) in [4.78, 5) is 1.97. The van der Waals surface area contributed by atoms with Gasteiger partial charge in [-0.05, 0) is 26.0 Å². The van der Waals surface area contributed by atoms with Crippen LogP contribution in [0.4, 0.5) is 5.69 Å². The molecule has 0 aliphatic rings. The number of nitrogens with zero attached hydrogens (tertiary/aromatic N) is 2. The van der Waals surface area contributed by atoms with Gasteiger partial charge in [-0.1, -0.05) is 6.07 Å². The number of hydrogen-bond acceptors (Lipinski definition) is 4. The predicted octanol–water partition coefficient (Wildman–Crippen LogP) is 2.34. The topological polar surface area (TPSA) is 56.5 Å². The standard InChI is InChI=1S/C14H20N2O2/c1-10(8-15)9-16(3)12-6-5-7-13(18-4)14(12)11(2)17/h5-7,10-11,17H,9H2,1-4H3. The summed E-state index contributed by atoms with van der Waals surface area (Å²) in [5, 5.41) is 18.7. The highest BCUT2D eigenvalue weighted by Gasteiger charge is 2.17. The quantitative estimate of drug-likeness (QED) is 0.869. The Hall–Kier alpha value is -1.73.